The van der Waals surface area contributed by atoms with Gasteiger partial charge in [-0.2, -0.15) is 8.78 Å². The van der Waals surface area contributed by atoms with Crippen LogP contribution < -0.4 is 10.1 Å². The Morgan fingerprint density at radius 1 is 1.33 bits per heavy atom. The van der Waals surface area contributed by atoms with Crippen molar-refractivity contribution in [3.63, 3.8) is 0 Å². The summed E-state index contributed by atoms with van der Waals surface area (Å²) in [6, 6.07) is 1.98. The Morgan fingerprint density at radius 2 is 1.94 bits per heavy atom. The summed E-state index contributed by atoms with van der Waals surface area (Å²) >= 11 is 5.78. The van der Waals surface area contributed by atoms with Gasteiger partial charge in [0.15, 0.2) is 0 Å². The van der Waals surface area contributed by atoms with Gasteiger partial charge in [0.25, 0.3) is 0 Å². The molecule has 0 aliphatic rings. The predicted molar refractivity (Wildman–Crippen MR) is 60.8 cm³/mol. The number of hydrogen-bond donors (Lipinski definition) is 1. The average molecular weight is 286 g/mol. The van der Waals surface area contributed by atoms with E-state index in [1.165, 1.54) is 32.4 Å². The quantitative estimate of drug-likeness (QED) is 0.836. The molecule has 0 radical (unpaired) electrons. The lowest BCUT2D eigenvalue weighted by Crippen LogP contribution is -2.41. The van der Waals surface area contributed by atoms with Crippen LogP contribution in [0.3, 0.4) is 0 Å². The highest BCUT2D eigenvalue weighted by Crippen LogP contribution is 2.38. The van der Waals surface area contributed by atoms with Crippen molar-refractivity contribution < 1.29 is 22.3 Å². The molecule has 0 saturated carbocycles. The van der Waals surface area contributed by atoms with E-state index in [0.717, 1.165) is 0 Å². The SMILES string of the molecule is CNC(c1ccc(OC)c(Cl)c1)C(F)(F)C(F)F. The number of hydrogen-bond acceptors (Lipinski definition) is 2. The number of nitrogens with one attached hydrogen (secondary N) is 1. The highest BCUT2D eigenvalue weighted by Gasteiger charge is 2.48. The lowest BCUT2D eigenvalue weighted by molar-refractivity contribution is -0.150. The third kappa shape index (κ3) is 2.87. The molecule has 1 rings (SSSR count). The standard InChI is InChI=1S/C11H12ClF4NO/c1-17-9(11(15,16)10(13)14)6-3-4-8(18-2)7(12)5-6/h3-5,9-10,17H,1-2H3. The molecule has 1 aromatic rings. The highest BCUT2D eigenvalue weighted by atomic mass is 35.5. The van der Waals surface area contributed by atoms with E-state index in [2.05, 4.69) is 5.32 Å². The highest BCUT2D eigenvalue weighted by molar-refractivity contribution is 6.32. The first-order valence-corrected chi connectivity index (χ1v) is 5.39. The number of benzene rings is 1. The van der Waals surface area contributed by atoms with Crippen LogP contribution in [0.15, 0.2) is 18.2 Å². The summed E-state index contributed by atoms with van der Waals surface area (Å²) in [7, 11) is 2.54. The molecule has 1 N–H and O–H groups in total. The monoisotopic (exact) mass is 285 g/mol. The van der Waals surface area contributed by atoms with Crippen LogP contribution in [0.25, 0.3) is 0 Å². The van der Waals surface area contributed by atoms with Crippen LogP contribution in [0.5, 0.6) is 5.75 Å². The lowest BCUT2D eigenvalue weighted by atomic mass is 10.0. The molecule has 0 bridgehead atoms. The van der Waals surface area contributed by atoms with Crippen LogP contribution >= 0.6 is 11.6 Å². The summed E-state index contributed by atoms with van der Waals surface area (Å²) in [5.74, 6) is -3.90. The largest absolute Gasteiger partial charge is 0.495 e. The number of rotatable bonds is 5. The Balaban J connectivity index is 3.14. The number of halogens is 5. The normalized spacial score (nSPS) is 13.8. The predicted octanol–water partition coefficient (Wildman–Crippen LogP) is 3.51. The lowest BCUT2D eigenvalue weighted by Gasteiger charge is -2.26. The van der Waals surface area contributed by atoms with E-state index in [1.807, 2.05) is 0 Å². The first kappa shape index (κ1) is 15.0. The minimum absolute atomic E-state index is 0.0337. The molecule has 0 amide bonds. The molecular weight excluding hydrogens is 274 g/mol. The fraction of sp³-hybridized carbons (Fsp3) is 0.455. The Kier molecular flexibility index (Phi) is 4.81. The molecule has 2 nitrogen and oxygen atoms in total. The molecule has 0 spiro atoms. The van der Waals surface area contributed by atoms with Crippen LogP contribution in [-0.4, -0.2) is 26.5 Å². The third-order valence-electron chi connectivity index (χ3n) is 2.47. The van der Waals surface area contributed by atoms with Gasteiger partial charge in [0.05, 0.1) is 12.1 Å². The third-order valence-corrected chi connectivity index (χ3v) is 2.77. The molecule has 0 saturated heterocycles. The number of alkyl halides is 4. The van der Waals surface area contributed by atoms with Crippen molar-refractivity contribution in [3.05, 3.63) is 28.8 Å². The first-order chi connectivity index (χ1) is 8.34. The second-order valence-electron chi connectivity index (χ2n) is 3.59. The summed E-state index contributed by atoms with van der Waals surface area (Å²) in [5.41, 5.74) is -0.0337. The van der Waals surface area contributed by atoms with Crippen molar-refractivity contribution in [1.29, 1.82) is 0 Å². The van der Waals surface area contributed by atoms with E-state index in [9.17, 15) is 17.6 Å². The van der Waals surface area contributed by atoms with Gasteiger partial charge in [0.1, 0.15) is 11.8 Å². The van der Waals surface area contributed by atoms with Gasteiger partial charge in [0.2, 0.25) is 0 Å². The van der Waals surface area contributed by atoms with Gasteiger partial charge >= 0.3 is 12.3 Å². The molecule has 1 aromatic carbocycles. The fourth-order valence-corrected chi connectivity index (χ4v) is 1.84. The zero-order chi connectivity index (χ0) is 13.9. The van der Waals surface area contributed by atoms with Crippen molar-refractivity contribution in [2.75, 3.05) is 14.2 Å². The zero-order valence-electron chi connectivity index (χ0n) is 9.68. The summed E-state index contributed by atoms with van der Waals surface area (Å²) in [6.07, 6.45) is -3.77. The Labute approximate surface area is 107 Å². The van der Waals surface area contributed by atoms with Crippen molar-refractivity contribution in [3.8, 4) is 5.75 Å². The van der Waals surface area contributed by atoms with Gasteiger partial charge in [-0.05, 0) is 24.7 Å². The van der Waals surface area contributed by atoms with Crippen LogP contribution in [0, 0.1) is 0 Å². The van der Waals surface area contributed by atoms with Gasteiger partial charge in [0, 0.05) is 0 Å². The molecule has 1 atom stereocenters. The molecular formula is C11H12ClF4NO. The van der Waals surface area contributed by atoms with Crippen molar-refractivity contribution in [2.24, 2.45) is 0 Å². The van der Waals surface area contributed by atoms with Gasteiger partial charge in [-0.25, -0.2) is 8.78 Å². The summed E-state index contributed by atoms with van der Waals surface area (Å²) in [6.45, 7) is 0. The molecule has 18 heavy (non-hydrogen) atoms. The first-order valence-electron chi connectivity index (χ1n) is 5.01. The van der Waals surface area contributed by atoms with Crippen molar-refractivity contribution in [2.45, 2.75) is 18.4 Å². The van der Waals surface area contributed by atoms with E-state index in [0.29, 0.717) is 0 Å². The van der Waals surface area contributed by atoms with Gasteiger partial charge < -0.3 is 10.1 Å². The van der Waals surface area contributed by atoms with E-state index >= 15 is 0 Å². The van der Waals surface area contributed by atoms with Gasteiger partial charge in [-0.3, -0.25) is 0 Å². The van der Waals surface area contributed by atoms with E-state index < -0.39 is 18.4 Å². The molecule has 0 heterocycles. The smallest absolute Gasteiger partial charge is 0.326 e. The van der Waals surface area contributed by atoms with Crippen LogP contribution in [-0.2, 0) is 0 Å². The molecule has 7 heteroatoms. The molecule has 0 fully saturated rings. The minimum atomic E-state index is -4.19. The second kappa shape index (κ2) is 5.75. The number of ether oxygens (including phenoxy) is 1. The van der Waals surface area contributed by atoms with Gasteiger partial charge in [-0.15, -0.1) is 0 Å². The van der Waals surface area contributed by atoms with Crippen LogP contribution in [0.1, 0.15) is 11.6 Å². The minimum Gasteiger partial charge on any atom is -0.495 e. The molecule has 102 valence electrons. The van der Waals surface area contributed by atoms with Crippen molar-refractivity contribution in [1.82, 2.24) is 5.32 Å². The second-order valence-corrected chi connectivity index (χ2v) is 4.00. The van der Waals surface area contributed by atoms with Crippen LogP contribution in [0.4, 0.5) is 17.6 Å². The molecule has 0 aliphatic carbocycles. The molecule has 0 aliphatic heterocycles. The summed E-state index contributed by atoms with van der Waals surface area (Å²) in [4.78, 5) is 0. The zero-order valence-corrected chi connectivity index (χ0v) is 10.4. The fourth-order valence-electron chi connectivity index (χ4n) is 1.57. The summed E-state index contributed by atoms with van der Waals surface area (Å²) < 4.78 is 56.2. The topological polar surface area (TPSA) is 21.3 Å². The van der Waals surface area contributed by atoms with E-state index in [1.54, 1.807) is 0 Å². The Bertz CT molecular complexity index is 414. The maximum atomic E-state index is 13.3. The Morgan fingerprint density at radius 3 is 2.33 bits per heavy atom. The average Bonchev–Trinajstić information content (AvgIpc) is 2.29. The maximum Gasteiger partial charge on any atom is 0.326 e. The molecule has 1 unspecified atom stereocenters. The Hall–Kier alpha value is -1.01. The maximum absolute atomic E-state index is 13.3. The number of methoxy groups -OCH3 is 1. The van der Waals surface area contributed by atoms with E-state index in [-0.39, 0.29) is 16.3 Å². The van der Waals surface area contributed by atoms with Gasteiger partial charge in [-0.1, -0.05) is 17.7 Å². The van der Waals surface area contributed by atoms with Crippen molar-refractivity contribution >= 4 is 11.6 Å². The molecule has 0 aromatic heterocycles. The summed E-state index contributed by atoms with van der Waals surface area (Å²) in [5, 5.41) is 2.26. The van der Waals surface area contributed by atoms with E-state index in [4.69, 9.17) is 16.3 Å². The van der Waals surface area contributed by atoms with Crippen LogP contribution in [0.2, 0.25) is 5.02 Å².